The van der Waals surface area contributed by atoms with E-state index >= 15 is 0 Å². The van der Waals surface area contributed by atoms with Crippen LogP contribution < -0.4 is 5.73 Å². The third-order valence-corrected chi connectivity index (χ3v) is 3.20. The number of nitrogens with two attached hydrogens (primary N) is 1. The summed E-state index contributed by atoms with van der Waals surface area (Å²) in [7, 11) is 0. The number of fused-ring (bicyclic) bond motifs is 1. The van der Waals surface area contributed by atoms with Crippen LogP contribution in [0.15, 0.2) is 60.8 Å². The van der Waals surface area contributed by atoms with Crippen molar-refractivity contribution in [1.82, 2.24) is 4.40 Å². The molecule has 2 aromatic heterocycles. The number of primary amides is 1. The van der Waals surface area contributed by atoms with Crippen molar-refractivity contribution in [3.8, 4) is 11.1 Å². The molecular formula is C16H12N2O2. The van der Waals surface area contributed by atoms with E-state index in [1.54, 1.807) is 16.7 Å². The molecule has 98 valence electrons. The van der Waals surface area contributed by atoms with Gasteiger partial charge in [-0.1, -0.05) is 36.4 Å². The van der Waals surface area contributed by atoms with Crippen molar-refractivity contribution in [3.05, 3.63) is 66.5 Å². The zero-order chi connectivity index (χ0) is 14.1. The van der Waals surface area contributed by atoms with Crippen LogP contribution in [0.5, 0.6) is 0 Å². The van der Waals surface area contributed by atoms with Crippen molar-refractivity contribution in [1.29, 1.82) is 0 Å². The molecule has 4 heteroatoms. The molecule has 0 saturated heterocycles. The Morgan fingerprint density at radius 3 is 2.35 bits per heavy atom. The van der Waals surface area contributed by atoms with E-state index in [-0.39, 0.29) is 0 Å². The number of hydrogen-bond donors (Lipinski definition) is 1. The quantitative estimate of drug-likeness (QED) is 0.582. The second-order valence-electron chi connectivity index (χ2n) is 4.46. The Hall–Kier alpha value is -2.88. The Bertz CT molecular complexity index is 804. The maximum Gasteiger partial charge on any atom is 0.291 e. The molecule has 0 unspecified atom stereocenters. The number of Topliss-reactive ketones (excluding diaryl/α,β-unsaturated/α-hetero) is 1. The van der Waals surface area contributed by atoms with Gasteiger partial charge in [-0.3, -0.25) is 9.59 Å². The highest BCUT2D eigenvalue weighted by molar-refractivity contribution is 6.43. The second kappa shape index (κ2) is 4.66. The van der Waals surface area contributed by atoms with E-state index in [1.807, 2.05) is 48.5 Å². The third kappa shape index (κ3) is 1.87. The molecule has 1 amide bonds. The van der Waals surface area contributed by atoms with Gasteiger partial charge in [0.25, 0.3) is 11.7 Å². The Labute approximate surface area is 115 Å². The van der Waals surface area contributed by atoms with E-state index in [9.17, 15) is 9.59 Å². The van der Waals surface area contributed by atoms with Crippen LogP contribution in [-0.2, 0) is 4.79 Å². The molecule has 0 bridgehead atoms. The van der Waals surface area contributed by atoms with Gasteiger partial charge in [-0.25, -0.2) is 0 Å². The van der Waals surface area contributed by atoms with Crippen LogP contribution in [0.3, 0.4) is 0 Å². The number of nitrogens with zero attached hydrogens (tertiary/aromatic N) is 1. The molecule has 0 radical (unpaired) electrons. The summed E-state index contributed by atoms with van der Waals surface area (Å²) in [6, 6.07) is 16.9. The number of ketones is 1. The fourth-order valence-corrected chi connectivity index (χ4v) is 2.31. The number of carbonyl (C=O) groups excluding carboxylic acids is 2. The van der Waals surface area contributed by atoms with Crippen molar-refractivity contribution < 1.29 is 9.59 Å². The first-order chi connectivity index (χ1) is 9.68. The molecule has 3 aromatic rings. The predicted octanol–water partition coefficient (Wildman–Crippen LogP) is 2.27. The summed E-state index contributed by atoms with van der Waals surface area (Å²) in [5, 5.41) is 0. The number of hydrogen-bond acceptors (Lipinski definition) is 2. The van der Waals surface area contributed by atoms with Gasteiger partial charge >= 0.3 is 0 Å². The van der Waals surface area contributed by atoms with E-state index < -0.39 is 11.7 Å². The summed E-state index contributed by atoms with van der Waals surface area (Å²) < 4.78 is 1.69. The molecule has 0 aliphatic carbocycles. The van der Waals surface area contributed by atoms with Gasteiger partial charge in [-0.2, -0.15) is 0 Å². The minimum Gasteiger partial charge on any atom is -0.363 e. The molecule has 0 atom stereocenters. The van der Waals surface area contributed by atoms with E-state index in [4.69, 9.17) is 5.73 Å². The zero-order valence-corrected chi connectivity index (χ0v) is 10.6. The molecule has 20 heavy (non-hydrogen) atoms. The molecule has 0 fully saturated rings. The third-order valence-electron chi connectivity index (χ3n) is 3.20. The number of benzene rings is 1. The van der Waals surface area contributed by atoms with Crippen molar-refractivity contribution >= 4 is 17.2 Å². The summed E-state index contributed by atoms with van der Waals surface area (Å²) in [6.45, 7) is 0. The molecule has 4 nitrogen and oxygen atoms in total. The van der Waals surface area contributed by atoms with Crippen LogP contribution >= 0.6 is 0 Å². The molecule has 0 aliphatic heterocycles. The fraction of sp³-hybridized carbons (Fsp3) is 0. The highest BCUT2D eigenvalue weighted by Gasteiger charge is 2.22. The van der Waals surface area contributed by atoms with Crippen LogP contribution in [0.2, 0.25) is 0 Å². The summed E-state index contributed by atoms with van der Waals surface area (Å²) >= 11 is 0. The van der Waals surface area contributed by atoms with Crippen molar-refractivity contribution in [2.75, 3.05) is 0 Å². The highest BCUT2D eigenvalue weighted by atomic mass is 16.2. The number of carbonyl (C=O) groups is 2. The van der Waals surface area contributed by atoms with Gasteiger partial charge < -0.3 is 10.1 Å². The first-order valence-electron chi connectivity index (χ1n) is 6.18. The first kappa shape index (κ1) is 12.2. The average Bonchev–Trinajstić information content (AvgIpc) is 2.86. The summed E-state index contributed by atoms with van der Waals surface area (Å²) in [5.74, 6) is -1.64. The number of aromatic nitrogens is 1. The second-order valence-corrected chi connectivity index (χ2v) is 4.46. The van der Waals surface area contributed by atoms with E-state index in [0.29, 0.717) is 11.3 Å². The van der Waals surface area contributed by atoms with Gasteiger partial charge in [0.1, 0.15) is 5.69 Å². The van der Waals surface area contributed by atoms with Crippen LogP contribution in [0.4, 0.5) is 0 Å². The lowest BCUT2D eigenvalue weighted by Crippen LogP contribution is -2.24. The monoisotopic (exact) mass is 264 g/mol. The maximum atomic E-state index is 12.1. The maximum absolute atomic E-state index is 12.1. The first-order valence-corrected chi connectivity index (χ1v) is 6.18. The lowest BCUT2D eigenvalue weighted by molar-refractivity contribution is -0.114. The molecular weight excluding hydrogens is 252 g/mol. The molecule has 0 spiro atoms. The normalized spacial score (nSPS) is 10.6. The topological polar surface area (TPSA) is 64.6 Å². The lowest BCUT2D eigenvalue weighted by atomic mass is 10.0. The predicted molar refractivity (Wildman–Crippen MR) is 76.4 cm³/mol. The van der Waals surface area contributed by atoms with Gasteiger partial charge in [0.2, 0.25) is 0 Å². The number of amides is 1. The number of pyridine rings is 1. The molecule has 0 saturated carbocycles. The van der Waals surface area contributed by atoms with E-state index in [2.05, 4.69) is 0 Å². The van der Waals surface area contributed by atoms with Crippen molar-refractivity contribution in [2.45, 2.75) is 0 Å². The van der Waals surface area contributed by atoms with Crippen LogP contribution in [0.1, 0.15) is 10.5 Å². The SMILES string of the molecule is NC(=O)C(=O)c1c(-c2ccccc2)cc2ccccn12. The Balaban J connectivity index is 2.34. The summed E-state index contributed by atoms with van der Waals surface area (Å²) in [5.41, 5.74) is 7.90. The Morgan fingerprint density at radius 2 is 1.65 bits per heavy atom. The largest absolute Gasteiger partial charge is 0.363 e. The number of rotatable bonds is 3. The standard InChI is InChI=1S/C16H12N2O2/c17-16(20)15(19)14-13(11-6-2-1-3-7-11)10-12-8-4-5-9-18(12)14/h1-10H,(H2,17,20). The Kier molecular flexibility index (Phi) is 2.84. The lowest BCUT2D eigenvalue weighted by Gasteiger charge is -2.03. The smallest absolute Gasteiger partial charge is 0.291 e. The summed E-state index contributed by atoms with van der Waals surface area (Å²) in [4.78, 5) is 23.4. The van der Waals surface area contributed by atoms with Crippen LogP contribution in [0, 0.1) is 0 Å². The zero-order valence-electron chi connectivity index (χ0n) is 10.6. The van der Waals surface area contributed by atoms with E-state index in [0.717, 1.165) is 11.1 Å². The van der Waals surface area contributed by atoms with Gasteiger partial charge in [0.05, 0.1) is 0 Å². The molecule has 3 rings (SSSR count). The molecule has 0 aliphatic rings. The molecule has 2 N–H and O–H groups in total. The Morgan fingerprint density at radius 1 is 0.950 bits per heavy atom. The fourth-order valence-electron chi connectivity index (χ4n) is 2.31. The van der Waals surface area contributed by atoms with Crippen LogP contribution in [0.25, 0.3) is 16.6 Å². The van der Waals surface area contributed by atoms with Gasteiger partial charge in [-0.05, 0) is 23.8 Å². The minimum atomic E-state index is -0.953. The van der Waals surface area contributed by atoms with Crippen molar-refractivity contribution in [3.63, 3.8) is 0 Å². The average molecular weight is 264 g/mol. The van der Waals surface area contributed by atoms with Crippen molar-refractivity contribution in [2.24, 2.45) is 5.73 Å². The van der Waals surface area contributed by atoms with E-state index in [1.165, 1.54) is 0 Å². The molecule has 2 heterocycles. The highest BCUT2D eigenvalue weighted by Crippen LogP contribution is 2.27. The van der Waals surface area contributed by atoms with Crippen LogP contribution in [-0.4, -0.2) is 16.1 Å². The van der Waals surface area contributed by atoms with Gasteiger partial charge in [-0.15, -0.1) is 0 Å². The summed E-state index contributed by atoms with van der Waals surface area (Å²) in [6.07, 6.45) is 1.75. The molecule has 1 aromatic carbocycles. The minimum absolute atomic E-state index is 0.305. The van der Waals surface area contributed by atoms with Gasteiger partial charge in [0.15, 0.2) is 0 Å². The van der Waals surface area contributed by atoms with Gasteiger partial charge in [0, 0.05) is 17.3 Å².